The summed E-state index contributed by atoms with van der Waals surface area (Å²) in [4.78, 5) is 28.6. The van der Waals surface area contributed by atoms with Crippen LogP contribution in [0.4, 0.5) is 0 Å². The average Bonchev–Trinajstić information content (AvgIpc) is 3.39. The van der Waals surface area contributed by atoms with Gasteiger partial charge in [0, 0.05) is 0 Å². The Morgan fingerprint density at radius 1 is 0.846 bits per heavy atom. The van der Waals surface area contributed by atoms with Crippen LogP contribution in [0.1, 0.15) is 11.5 Å². The van der Waals surface area contributed by atoms with Gasteiger partial charge in [0.1, 0.15) is 30.7 Å². The van der Waals surface area contributed by atoms with Crippen LogP contribution in [0, 0.1) is 0 Å². The van der Waals surface area contributed by atoms with E-state index < -0.39 is 10.5 Å². The molecule has 2 fully saturated rings. The van der Waals surface area contributed by atoms with Crippen molar-refractivity contribution in [2.75, 3.05) is 0 Å². The fourth-order valence-electron chi connectivity index (χ4n) is 2.72. The first-order valence-corrected chi connectivity index (χ1v) is 10.2. The van der Waals surface area contributed by atoms with E-state index in [0.29, 0.717) is 20.2 Å². The zero-order valence-electron chi connectivity index (χ0n) is 13.2. The van der Waals surface area contributed by atoms with E-state index in [0.717, 1.165) is 0 Å². The molecule has 134 valence electrons. The molecule has 4 rings (SSSR count). The molecule has 10 heteroatoms. The highest BCUT2D eigenvalue weighted by molar-refractivity contribution is 8.27. The van der Waals surface area contributed by atoms with E-state index in [-0.39, 0.29) is 24.9 Å². The van der Waals surface area contributed by atoms with Crippen molar-refractivity contribution in [3.05, 3.63) is 48.3 Å². The lowest BCUT2D eigenvalue weighted by atomic mass is 10.2. The molecule has 0 spiro atoms. The van der Waals surface area contributed by atoms with E-state index in [1.165, 1.54) is 33.3 Å². The number of hydrogen-bond acceptors (Lipinski definition) is 8. The maximum absolute atomic E-state index is 12.8. The molecule has 4 heterocycles. The number of thiocarbonyl (C=S) groups is 2. The summed E-state index contributed by atoms with van der Waals surface area (Å²) in [7, 11) is 0. The van der Waals surface area contributed by atoms with Gasteiger partial charge in [-0.05, 0) is 24.3 Å². The van der Waals surface area contributed by atoms with Gasteiger partial charge < -0.3 is 8.83 Å². The highest BCUT2D eigenvalue weighted by Gasteiger charge is 2.50. The standard InChI is InChI=1S/C16H12N2O4S4/c19-13-11(25-15(23)17(13)7-9-3-1-5-21-9)12-14(20)18(16(24)26-12)8-10-4-2-6-22-10/h1-6,11-12H,7-8H2/t11-,12+. The maximum atomic E-state index is 12.8. The van der Waals surface area contributed by atoms with Crippen LogP contribution in [0.2, 0.25) is 0 Å². The molecule has 0 aromatic carbocycles. The molecular formula is C16H12N2O4S4. The third-order valence-corrected chi connectivity index (χ3v) is 7.47. The van der Waals surface area contributed by atoms with Gasteiger partial charge >= 0.3 is 0 Å². The van der Waals surface area contributed by atoms with Crippen LogP contribution < -0.4 is 0 Å². The Kier molecular flexibility index (Phi) is 4.91. The Bertz CT molecular complexity index is 793. The maximum Gasteiger partial charge on any atom is 0.243 e. The van der Waals surface area contributed by atoms with Gasteiger partial charge in [-0.2, -0.15) is 0 Å². The second-order valence-electron chi connectivity index (χ2n) is 5.62. The molecule has 0 N–H and O–H groups in total. The molecule has 2 saturated heterocycles. The minimum Gasteiger partial charge on any atom is -0.467 e. The molecule has 0 radical (unpaired) electrons. The molecule has 2 aromatic heterocycles. The first-order chi connectivity index (χ1) is 12.5. The minimum absolute atomic E-state index is 0.190. The molecule has 2 amide bonds. The molecular weight excluding hydrogens is 412 g/mol. The van der Waals surface area contributed by atoms with Crippen LogP contribution in [0.15, 0.2) is 45.6 Å². The number of furan rings is 2. The zero-order valence-corrected chi connectivity index (χ0v) is 16.5. The van der Waals surface area contributed by atoms with E-state index in [1.54, 1.807) is 36.8 Å². The Morgan fingerprint density at radius 2 is 1.27 bits per heavy atom. The predicted octanol–water partition coefficient (Wildman–Crippen LogP) is 3.03. The van der Waals surface area contributed by atoms with Crippen LogP contribution in [-0.2, 0) is 22.7 Å². The van der Waals surface area contributed by atoms with Gasteiger partial charge in [-0.3, -0.25) is 19.4 Å². The van der Waals surface area contributed by atoms with Gasteiger partial charge in [-0.15, -0.1) is 0 Å². The fraction of sp³-hybridized carbons (Fsp3) is 0.250. The van der Waals surface area contributed by atoms with Gasteiger partial charge in [-0.25, -0.2) is 0 Å². The quantitative estimate of drug-likeness (QED) is 0.679. The van der Waals surface area contributed by atoms with Crippen molar-refractivity contribution in [2.24, 2.45) is 0 Å². The van der Waals surface area contributed by atoms with Crippen LogP contribution in [-0.4, -0.2) is 40.8 Å². The van der Waals surface area contributed by atoms with Crippen molar-refractivity contribution in [2.45, 2.75) is 23.6 Å². The summed E-state index contributed by atoms with van der Waals surface area (Å²) in [6, 6.07) is 7.07. The highest BCUT2D eigenvalue weighted by Crippen LogP contribution is 2.40. The number of carbonyl (C=O) groups excluding carboxylic acids is 2. The van der Waals surface area contributed by atoms with Crippen molar-refractivity contribution in [3.8, 4) is 0 Å². The minimum atomic E-state index is -0.588. The van der Waals surface area contributed by atoms with Gasteiger partial charge in [0.05, 0.1) is 25.6 Å². The number of thioether (sulfide) groups is 2. The highest BCUT2D eigenvalue weighted by atomic mass is 32.2. The van der Waals surface area contributed by atoms with Gasteiger partial charge in [0.2, 0.25) is 11.8 Å². The summed E-state index contributed by atoms with van der Waals surface area (Å²) in [5.41, 5.74) is 0. The number of amides is 2. The van der Waals surface area contributed by atoms with Crippen LogP contribution in [0.5, 0.6) is 0 Å². The normalized spacial score (nSPS) is 23.5. The first-order valence-electron chi connectivity index (χ1n) is 7.63. The van der Waals surface area contributed by atoms with Gasteiger partial charge in [0.15, 0.2) is 0 Å². The predicted molar refractivity (Wildman–Crippen MR) is 106 cm³/mol. The smallest absolute Gasteiger partial charge is 0.243 e. The number of carbonyl (C=O) groups is 2. The van der Waals surface area contributed by atoms with Crippen LogP contribution in [0.3, 0.4) is 0 Å². The topological polar surface area (TPSA) is 66.9 Å². The summed E-state index contributed by atoms with van der Waals surface area (Å²) in [6.45, 7) is 0.528. The van der Waals surface area contributed by atoms with Crippen molar-refractivity contribution < 1.29 is 18.4 Å². The fourth-order valence-corrected chi connectivity index (χ4v) is 5.92. The molecule has 0 bridgehead atoms. The van der Waals surface area contributed by atoms with Crippen molar-refractivity contribution in [1.29, 1.82) is 0 Å². The summed E-state index contributed by atoms with van der Waals surface area (Å²) in [5.74, 6) is 0.902. The van der Waals surface area contributed by atoms with Crippen molar-refractivity contribution in [3.63, 3.8) is 0 Å². The van der Waals surface area contributed by atoms with Gasteiger partial charge in [-0.1, -0.05) is 48.0 Å². The van der Waals surface area contributed by atoms with E-state index >= 15 is 0 Å². The van der Waals surface area contributed by atoms with E-state index in [9.17, 15) is 9.59 Å². The Balaban J connectivity index is 1.49. The molecule has 0 saturated carbocycles. The summed E-state index contributed by atoms with van der Waals surface area (Å²) < 4.78 is 11.5. The molecule has 2 aliphatic rings. The molecule has 26 heavy (non-hydrogen) atoms. The Morgan fingerprint density at radius 3 is 1.62 bits per heavy atom. The Hall–Kier alpha value is -1.62. The first kappa shape index (κ1) is 17.8. The number of nitrogens with zero attached hydrogens (tertiary/aromatic N) is 2. The number of rotatable bonds is 5. The molecule has 0 unspecified atom stereocenters. The number of hydrogen-bond donors (Lipinski definition) is 0. The van der Waals surface area contributed by atoms with E-state index in [2.05, 4.69) is 0 Å². The summed E-state index contributed by atoms with van der Waals surface area (Å²) >= 11 is 13.1. The lowest BCUT2D eigenvalue weighted by Crippen LogP contribution is -2.40. The van der Waals surface area contributed by atoms with E-state index in [4.69, 9.17) is 33.3 Å². The van der Waals surface area contributed by atoms with Crippen LogP contribution in [0.25, 0.3) is 0 Å². The van der Waals surface area contributed by atoms with Crippen molar-refractivity contribution in [1.82, 2.24) is 9.80 Å². The van der Waals surface area contributed by atoms with Gasteiger partial charge in [0.25, 0.3) is 0 Å². The molecule has 0 aliphatic carbocycles. The molecule has 2 aromatic rings. The second kappa shape index (κ2) is 7.18. The zero-order chi connectivity index (χ0) is 18.3. The SMILES string of the molecule is O=C1[C@H]([C@H]2SC(=S)N(Cc3ccco3)C2=O)SC(=S)N1Cc1ccco1. The lowest BCUT2D eigenvalue weighted by molar-refractivity contribution is -0.131. The second-order valence-corrected chi connectivity index (χ2v) is 9.17. The lowest BCUT2D eigenvalue weighted by Gasteiger charge is -2.16. The van der Waals surface area contributed by atoms with E-state index in [1.807, 2.05) is 0 Å². The summed E-state index contributed by atoms with van der Waals surface area (Å²) in [5, 5.41) is -1.18. The molecule has 2 atom stereocenters. The third-order valence-electron chi connectivity index (χ3n) is 3.98. The average molecular weight is 425 g/mol. The van der Waals surface area contributed by atoms with Crippen LogP contribution >= 0.6 is 48.0 Å². The molecule has 2 aliphatic heterocycles. The monoisotopic (exact) mass is 424 g/mol. The third kappa shape index (κ3) is 3.22. The largest absolute Gasteiger partial charge is 0.467 e. The molecule has 6 nitrogen and oxygen atoms in total. The Labute approximate surface area is 168 Å². The summed E-state index contributed by atoms with van der Waals surface area (Å²) in [6.07, 6.45) is 3.09. The van der Waals surface area contributed by atoms with Crippen molar-refractivity contribution >= 4 is 68.4 Å².